The van der Waals surface area contributed by atoms with Gasteiger partial charge < -0.3 is 23.2 Å². The fourth-order valence-electron chi connectivity index (χ4n) is 3.01. The van der Waals surface area contributed by atoms with Gasteiger partial charge >= 0.3 is 0 Å². The quantitative estimate of drug-likeness (QED) is 0.518. The first kappa shape index (κ1) is 16.9. The van der Waals surface area contributed by atoms with E-state index in [0.717, 1.165) is 5.56 Å². The molecule has 4 aromatic rings. The smallest absolute Gasteiger partial charge is 0.203 e. The van der Waals surface area contributed by atoms with E-state index in [2.05, 4.69) is 15.0 Å². The van der Waals surface area contributed by atoms with E-state index in [1.807, 2.05) is 28.8 Å². The Labute approximate surface area is 155 Å². The standard InChI is InChI=1S/C19H18N4O4/c1-24-14-7-12(8-15(25-2)18(14)26-3)9-23-11-22-17-16(13-5-4-6-27-13)20-10-21-19(17)23/h4-8,10-11H,9H2,1-3H3. The highest BCUT2D eigenvalue weighted by Crippen LogP contribution is 2.38. The molecule has 0 aliphatic heterocycles. The van der Waals surface area contributed by atoms with Crippen molar-refractivity contribution in [2.45, 2.75) is 6.54 Å². The average Bonchev–Trinajstić information content (AvgIpc) is 3.37. The number of furan rings is 1. The highest BCUT2D eigenvalue weighted by Gasteiger charge is 2.16. The number of benzene rings is 1. The molecule has 0 radical (unpaired) electrons. The molecule has 0 N–H and O–H groups in total. The molecule has 138 valence electrons. The lowest BCUT2D eigenvalue weighted by atomic mass is 10.1. The van der Waals surface area contributed by atoms with Crippen molar-refractivity contribution in [2.75, 3.05) is 21.3 Å². The number of fused-ring (bicyclic) bond motifs is 1. The second-order valence-corrected chi connectivity index (χ2v) is 5.78. The molecular formula is C19H18N4O4. The van der Waals surface area contributed by atoms with Gasteiger partial charge in [0, 0.05) is 0 Å². The third-order valence-electron chi connectivity index (χ3n) is 4.23. The van der Waals surface area contributed by atoms with Crippen molar-refractivity contribution in [3.63, 3.8) is 0 Å². The van der Waals surface area contributed by atoms with Crippen LogP contribution in [0.3, 0.4) is 0 Å². The van der Waals surface area contributed by atoms with E-state index in [1.54, 1.807) is 33.9 Å². The summed E-state index contributed by atoms with van der Waals surface area (Å²) in [6.07, 6.45) is 4.85. The van der Waals surface area contributed by atoms with E-state index in [9.17, 15) is 0 Å². The van der Waals surface area contributed by atoms with Gasteiger partial charge in [-0.3, -0.25) is 0 Å². The molecule has 0 saturated heterocycles. The van der Waals surface area contributed by atoms with Gasteiger partial charge in [-0.05, 0) is 29.8 Å². The van der Waals surface area contributed by atoms with Crippen LogP contribution in [0.4, 0.5) is 0 Å². The number of imidazole rings is 1. The van der Waals surface area contributed by atoms with E-state index in [1.165, 1.54) is 6.33 Å². The van der Waals surface area contributed by atoms with Crippen LogP contribution in [-0.4, -0.2) is 40.8 Å². The molecule has 0 unspecified atom stereocenters. The second kappa shape index (κ2) is 6.99. The molecule has 27 heavy (non-hydrogen) atoms. The highest BCUT2D eigenvalue weighted by atomic mass is 16.5. The van der Waals surface area contributed by atoms with Gasteiger partial charge in [-0.15, -0.1) is 0 Å². The molecule has 4 rings (SSSR count). The summed E-state index contributed by atoms with van der Waals surface area (Å²) in [7, 11) is 4.77. The minimum atomic E-state index is 0.530. The van der Waals surface area contributed by atoms with Gasteiger partial charge in [0.25, 0.3) is 0 Å². The number of aromatic nitrogens is 4. The Morgan fingerprint density at radius 2 is 1.78 bits per heavy atom. The van der Waals surface area contributed by atoms with Gasteiger partial charge in [0.1, 0.15) is 17.5 Å². The zero-order valence-corrected chi connectivity index (χ0v) is 15.2. The lowest BCUT2D eigenvalue weighted by Gasteiger charge is -2.14. The summed E-state index contributed by atoms with van der Waals surface area (Å²) in [5, 5.41) is 0. The largest absolute Gasteiger partial charge is 0.493 e. The lowest BCUT2D eigenvalue weighted by molar-refractivity contribution is 0.323. The van der Waals surface area contributed by atoms with Crippen molar-refractivity contribution in [3.8, 4) is 28.7 Å². The number of hydrogen-bond donors (Lipinski definition) is 0. The zero-order chi connectivity index (χ0) is 18.8. The van der Waals surface area contributed by atoms with E-state index >= 15 is 0 Å². The molecule has 0 amide bonds. The average molecular weight is 366 g/mol. The van der Waals surface area contributed by atoms with Crippen LogP contribution in [-0.2, 0) is 6.54 Å². The Morgan fingerprint density at radius 1 is 1.00 bits per heavy atom. The summed E-state index contributed by atoms with van der Waals surface area (Å²) in [6, 6.07) is 7.47. The summed E-state index contributed by atoms with van der Waals surface area (Å²) in [5.41, 5.74) is 3.01. The Hall–Kier alpha value is -3.55. The van der Waals surface area contributed by atoms with E-state index in [0.29, 0.717) is 46.4 Å². The first-order valence-corrected chi connectivity index (χ1v) is 8.23. The van der Waals surface area contributed by atoms with Crippen molar-refractivity contribution in [3.05, 3.63) is 48.7 Å². The van der Waals surface area contributed by atoms with Gasteiger partial charge in [0.2, 0.25) is 5.75 Å². The molecule has 8 nitrogen and oxygen atoms in total. The van der Waals surface area contributed by atoms with Crippen molar-refractivity contribution in [1.82, 2.24) is 19.5 Å². The highest BCUT2D eigenvalue weighted by molar-refractivity contribution is 5.85. The molecule has 3 heterocycles. The maximum atomic E-state index is 5.45. The van der Waals surface area contributed by atoms with Crippen LogP contribution in [0.25, 0.3) is 22.6 Å². The number of nitrogens with zero attached hydrogens (tertiary/aromatic N) is 4. The summed E-state index contributed by atoms with van der Waals surface area (Å²) in [4.78, 5) is 13.2. The van der Waals surface area contributed by atoms with Crippen LogP contribution in [0.1, 0.15) is 5.56 Å². The van der Waals surface area contributed by atoms with Crippen molar-refractivity contribution in [2.24, 2.45) is 0 Å². The van der Waals surface area contributed by atoms with E-state index in [-0.39, 0.29) is 0 Å². The summed E-state index contributed by atoms with van der Waals surface area (Å²) >= 11 is 0. The molecule has 0 saturated carbocycles. The fraction of sp³-hybridized carbons (Fsp3) is 0.211. The molecule has 1 aromatic carbocycles. The third kappa shape index (κ3) is 2.95. The first-order valence-electron chi connectivity index (χ1n) is 8.23. The Kier molecular flexibility index (Phi) is 4.37. The van der Waals surface area contributed by atoms with Crippen LogP contribution >= 0.6 is 0 Å². The van der Waals surface area contributed by atoms with Crippen molar-refractivity contribution in [1.29, 1.82) is 0 Å². The van der Waals surface area contributed by atoms with E-state index in [4.69, 9.17) is 18.6 Å². The number of rotatable bonds is 6. The predicted octanol–water partition coefficient (Wildman–Crippen LogP) is 3.16. The van der Waals surface area contributed by atoms with Gasteiger partial charge in [-0.2, -0.15) is 0 Å². The van der Waals surface area contributed by atoms with Crippen molar-refractivity contribution < 1.29 is 18.6 Å². The molecule has 0 fully saturated rings. The molecule has 0 spiro atoms. The van der Waals surface area contributed by atoms with Crippen LogP contribution in [0, 0.1) is 0 Å². The summed E-state index contributed by atoms with van der Waals surface area (Å²) < 4.78 is 23.6. The van der Waals surface area contributed by atoms with Gasteiger partial charge in [0.15, 0.2) is 22.9 Å². The van der Waals surface area contributed by atoms with Crippen LogP contribution in [0.2, 0.25) is 0 Å². The summed E-state index contributed by atoms with van der Waals surface area (Å²) in [5.74, 6) is 2.41. The Balaban J connectivity index is 1.76. The molecule has 0 atom stereocenters. The minimum Gasteiger partial charge on any atom is -0.493 e. The van der Waals surface area contributed by atoms with Crippen molar-refractivity contribution >= 4 is 11.2 Å². The molecular weight excluding hydrogens is 348 g/mol. The lowest BCUT2D eigenvalue weighted by Crippen LogP contribution is -2.02. The monoisotopic (exact) mass is 366 g/mol. The topological polar surface area (TPSA) is 84.4 Å². The summed E-state index contributed by atoms with van der Waals surface area (Å²) in [6.45, 7) is 0.530. The maximum absolute atomic E-state index is 5.45. The maximum Gasteiger partial charge on any atom is 0.203 e. The molecule has 0 aliphatic carbocycles. The predicted molar refractivity (Wildman–Crippen MR) is 98.2 cm³/mol. The molecule has 8 heteroatoms. The van der Waals surface area contributed by atoms with Gasteiger partial charge in [0.05, 0.1) is 40.5 Å². The molecule has 3 aromatic heterocycles. The van der Waals surface area contributed by atoms with Crippen LogP contribution in [0.5, 0.6) is 17.2 Å². The number of methoxy groups -OCH3 is 3. The molecule has 0 bridgehead atoms. The van der Waals surface area contributed by atoms with E-state index < -0.39 is 0 Å². The first-order chi connectivity index (χ1) is 13.2. The Morgan fingerprint density at radius 3 is 2.41 bits per heavy atom. The van der Waals surface area contributed by atoms with Crippen LogP contribution < -0.4 is 14.2 Å². The number of ether oxygens (including phenoxy) is 3. The normalized spacial score (nSPS) is 10.9. The molecule has 0 aliphatic rings. The zero-order valence-electron chi connectivity index (χ0n) is 15.2. The minimum absolute atomic E-state index is 0.530. The SMILES string of the molecule is COc1cc(Cn2cnc3c(-c4ccco4)ncnc32)cc(OC)c1OC. The van der Waals surface area contributed by atoms with Gasteiger partial charge in [-0.1, -0.05) is 0 Å². The number of hydrogen-bond acceptors (Lipinski definition) is 7. The van der Waals surface area contributed by atoms with Gasteiger partial charge in [-0.25, -0.2) is 15.0 Å². The van der Waals surface area contributed by atoms with Crippen LogP contribution in [0.15, 0.2) is 47.6 Å². The fourth-order valence-corrected chi connectivity index (χ4v) is 3.01. The second-order valence-electron chi connectivity index (χ2n) is 5.78. The third-order valence-corrected chi connectivity index (χ3v) is 4.23. The Bertz CT molecular complexity index is 1050.